The number of hydrogen-bond donors (Lipinski definition) is 0. The van der Waals surface area contributed by atoms with Crippen LogP contribution in [0.3, 0.4) is 0 Å². The fourth-order valence-electron chi connectivity index (χ4n) is 0.549. The highest BCUT2D eigenvalue weighted by molar-refractivity contribution is 5.12. The Morgan fingerprint density at radius 1 is 1.80 bits per heavy atom. The van der Waals surface area contributed by atoms with E-state index in [9.17, 15) is 0 Å². The number of nitriles is 1. The van der Waals surface area contributed by atoms with Crippen molar-refractivity contribution in [3.05, 3.63) is 12.7 Å². The summed E-state index contributed by atoms with van der Waals surface area (Å²) in [4.78, 5) is 0. The molecule has 0 aromatic rings. The maximum Gasteiger partial charge on any atom is 0.0622 e. The van der Waals surface area contributed by atoms with Crippen LogP contribution in [0.5, 0.6) is 0 Å². The molecule has 0 aromatic carbocycles. The number of hydrogen-bond acceptors (Lipinski definition) is 1. The molecule has 52 valence electrons. The summed E-state index contributed by atoms with van der Waals surface area (Å²) < 4.78 is 0. The van der Waals surface area contributed by atoms with E-state index < -0.39 is 0 Å². The molecule has 0 radical (unpaired) electrons. The summed E-state index contributed by atoms with van der Waals surface area (Å²) in [5, 5.41) is 8.27. The third kappa shape index (κ3) is 2.37. The minimum absolute atomic E-state index is 0.296. The lowest BCUT2D eigenvalue weighted by Gasteiger charge is -2.15. The lowest BCUT2D eigenvalue weighted by molar-refractivity contribution is 0.532. The topological polar surface area (TPSA) is 23.8 Å². The number of nitrogens with zero attached hydrogens (tertiary/aromatic N) is 1. The highest BCUT2D eigenvalue weighted by atomic mass is 14.2. The molecule has 0 amide bonds. The van der Waals surface area contributed by atoms with Gasteiger partial charge in [-0.1, -0.05) is 12.0 Å². The summed E-state index contributed by atoms with van der Waals surface area (Å²) in [5.41, 5.74) is -0.296. The fourth-order valence-corrected chi connectivity index (χ4v) is 0.549. The SMILES string of the molecule is C#CC(C)(C=C)CCC#N. The van der Waals surface area contributed by atoms with Crippen molar-refractivity contribution in [2.45, 2.75) is 19.8 Å². The monoisotopic (exact) mass is 133 g/mol. The van der Waals surface area contributed by atoms with Gasteiger partial charge in [-0.05, 0) is 13.3 Å². The first-order valence-corrected chi connectivity index (χ1v) is 3.17. The Hall–Kier alpha value is -1.21. The molecule has 0 heterocycles. The average Bonchev–Trinajstić information content (AvgIpc) is 2.00. The van der Waals surface area contributed by atoms with Gasteiger partial charge in [0.25, 0.3) is 0 Å². The van der Waals surface area contributed by atoms with E-state index in [1.54, 1.807) is 6.08 Å². The molecule has 10 heavy (non-hydrogen) atoms. The van der Waals surface area contributed by atoms with Crippen molar-refractivity contribution in [3.63, 3.8) is 0 Å². The van der Waals surface area contributed by atoms with Crippen molar-refractivity contribution in [1.29, 1.82) is 5.26 Å². The second-order valence-corrected chi connectivity index (χ2v) is 2.42. The number of rotatable bonds is 3. The van der Waals surface area contributed by atoms with Crippen LogP contribution in [0, 0.1) is 29.1 Å². The molecule has 0 saturated carbocycles. The second-order valence-electron chi connectivity index (χ2n) is 2.42. The normalized spacial score (nSPS) is 14.3. The van der Waals surface area contributed by atoms with Crippen LogP contribution in [0.2, 0.25) is 0 Å². The zero-order chi connectivity index (χ0) is 8.04. The van der Waals surface area contributed by atoms with E-state index in [0.29, 0.717) is 12.8 Å². The molecular formula is C9H11N. The van der Waals surface area contributed by atoms with Gasteiger partial charge in [0.1, 0.15) is 0 Å². The number of allylic oxidation sites excluding steroid dienone is 1. The Morgan fingerprint density at radius 3 is 2.70 bits per heavy atom. The molecule has 1 nitrogen and oxygen atoms in total. The molecule has 1 heteroatoms. The Bertz CT molecular complexity index is 192. The van der Waals surface area contributed by atoms with E-state index in [1.165, 1.54) is 0 Å². The van der Waals surface area contributed by atoms with E-state index in [1.807, 2.05) is 13.0 Å². The smallest absolute Gasteiger partial charge is 0.0622 e. The minimum Gasteiger partial charge on any atom is -0.198 e. The lowest BCUT2D eigenvalue weighted by atomic mass is 9.87. The predicted molar refractivity (Wildman–Crippen MR) is 42.0 cm³/mol. The largest absolute Gasteiger partial charge is 0.198 e. The molecule has 0 aliphatic heterocycles. The van der Waals surface area contributed by atoms with Gasteiger partial charge in [-0.25, -0.2) is 0 Å². The van der Waals surface area contributed by atoms with Gasteiger partial charge in [-0.2, -0.15) is 5.26 Å². The summed E-state index contributed by atoms with van der Waals surface area (Å²) >= 11 is 0. The van der Waals surface area contributed by atoms with Crippen LogP contribution in [-0.2, 0) is 0 Å². The molecule has 0 aliphatic carbocycles. The van der Waals surface area contributed by atoms with Gasteiger partial charge in [-0.15, -0.1) is 13.0 Å². The van der Waals surface area contributed by atoms with Crippen LogP contribution in [0.15, 0.2) is 12.7 Å². The summed E-state index contributed by atoms with van der Waals surface area (Å²) in [6.07, 6.45) is 8.13. The van der Waals surface area contributed by atoms with Crippen molar-refractivity contribution in [2.75, 3.05) is 0 Å². The van der Waals surface area contributed by atoms with Gasteiger partial charge < -0.3 is 0 Å². The predicted octanol–water partition coefficient (Wildman–Crippen LogP) is 2.12. The van der Waals surface area contributed by atoms with E-state index in [-0.39, 0.29) is 5.41 Å². The molecule has 0 N–H and O–H groups in total. The molecule has 0 aromatic heterocycles. The number of terminal acetylenes is 1. The lowest BCUT2D eigenvalue weighted by Crippen LogP contribution is -2.08. The third-order valence-corrected chi connectivity index (χ3v) is 1.54. The molecule has 0 rings (SSSR count). The van der Waals surface area contributed by atoms with Gasteiger partial charge in [-0.3, -0.25) is 0 Å². The second kappa shape index (κ2) is 3.75. The first kappa shape index (κ1) is 8.79. The Balaban J connectivity index is 4.00. The van der Waals surface area contributed by atoms with Crippen molar-refractivity contribution in [3.8, 4) is 18.4 Å². The van der Waals surface area contributed by atoms with E-state index in [2.05, 4.69) is 12.5 Å². The van der Waals surface area contributed by atoms with Crippen LogP contribution in [0.25, 0.3) is 0 Å². The van der Waals surface area contributed by atoms with Crippen molar-refractivity contribution in [1.82, 2.24) is 0 Å². The summed E-state index contributed by atoms with van der Waals surface area (Å²) in [6.45, 7) is 5.50. The van der Waals surface area contributed by atoms with Crippen molar-refractivity contribution >= 4 is 0 Å². The van der Waals surface area contributed by atoms with Crippen LogP contribution in [-0.4, -0.2) is 0 Å². The summed E-state index contributed by atoms with van der Waals surface area (Å²) in [5.74, 6) is 2.59. The Morgan fingerprint density at radius 2 is 2.40 bits per heavy atom. The van der Waals surface area contributed by atoms with Gasteiger partial charge in [0.15, 0.2) is 0 Å². The minimum atomic E-state index is -0.296. The molecule has 1 unspecified atom stereocenters. The fraction of sp³-hybridized carbons (Fsp3) is 0.444. The van der Waals surface area contributed by atoms with Crippen LogP contribution < -0.4 is 0 Å². The molecule has 0 saturated heterocycles. The summed E-state index contributed by atoms with van der Waals surface area (Å²) in [6, 6.07) is 2.05. The molecule has 1 atom stereocenters. The van der Waals surface area contributed by atoms with Crippen molar-refractivity contribution in [2.24, 2.45) is 5.41 Å². The molecule has 0 bridgehead atoms. The summed E-state index contributed by atoms with van der Waals surface area (Å²) in [7, 11) is 0. The average molecular weight is 133 g/mol. The van der Waals surface area contributed by atoms with E-state index >= 15 is 0 Å². The standard InChI is InChI=1S/C9H11N/c1-4-9(3,5-2)7-6-8-10/h1,5H,2,6-7H2,3H3. The van der Waals surface area contributed by atoms with Crippen LogP contribution in [0.4, 0.5) is 0 Å². The zero-order valence-corrected chi connectivity index (χ0v) is 6.22. The van der Waals surface area contributed by atoms with Gasteiger partial charge in [0.05, 0.1) is 6.07 Å². The Kier molecular flexibility index (Phi) is 3.29. The van der Waals surface area contributed by atoms with E-state index in [0.717, 1.165) is 0 Å². The Labute approximate surface area is 62.4 Å². The van der Waals surface area contributed by atoms with Gasteiger partial charge in [0, 0.05) is 11.8 Å². The maximum absolute atomic E-state index is 8.27. The quantitative estimate of drug-likeness (QED) is 0.427. The van der Waals surface area contributed by atoms with Crippen molar-refractivity contribution < 1.29 is 0 Å². The zero-order valence-electron chi connectivity index (χ0n) is 6.22. The highest BCUT2D eigenvalue weighted by Crippen LogP contribution is 2.22. The maximum atomic E-state index is 8.27. The van der Waals surface area contributed by atoms with Gasteiger partial charge >= 0.3 is 0 Å². The molecule has 0 spiro atoms. The van der Waals surface area contributed by atoms with Gasteiger partial charge in [0.2, 0.25) is 0 Å². The highest BCUT2D eigenvalue weighted by Gasteiger charge is 2.14. The van der Waals surface area contributed by atoms with E-state index in [4.69, 9.17) is 11.7 Å². The first-order chi connectivity index (χ1) is 4.68. The van der Waals surface area contributed by atoms with Crippen LogP contribution in [0.1, 0.15) is 19.8 Å². The first-order valence-electron chi connectivity index (χ1n) is 3.17. The van der Waals surface area contributed by atoms with Crippen LogP contribution >= 0.6 is 0 Å². The third-order valence-electron chi connectivity index (χ3n) is 1.54. The molecule has 0 aliphatic rings. The molecule has 0 fully saturated rings. The molecular weight excluding hydrogens is 122 g/mol.